The number of carbonyl (C=O) groups excluding carboxylic acids is 2. The summed E-state index contributed by atoms with van der Waals surface area (Å²) in [6.45, 7) is 7.11. The van der Waals surface area contributed by atoms with E-state index in [1.807, 2.05) is 35.6 Å². The summed E-state index contributed by atoms with van der Waals surface area (Å²) in [5.41, 5.74) is 1.31. The number of piperidine rings is 1. The van der Waals surface area contributed by atoms with Gasteiger partial charge in [0.1, 0.15) is 17.4 Å². The minimum Gasteiger partial charge on any atom is -0.493 e. The molecule has 0 atom stereocenters. The Morgan fingerprint density at radius 2 is 1.89 bits per heavy atom. The lowest BCUT2D eigenvalue weighted by Gasteiger charge is -2.42. The van der Waals surface area contributed by atoms with Crippen LogP contribution < -0.4 is 10.1 Å². The van der Waals surface area contributed by atoms with E-state index in [-0.39, 0.29) is 17.2 Å². The van der Waals surface area contributed by atoms with Gasteiger partial charge in [-0.25, -0.2) is 9.67 Å². The maximum Gasteiger partial charge on any atom is 0.224 e. The minimum absolute atomic E-state index is 0.0617. The van der Waals surface area contributed by atoms with Crippen molar-refractivity contribution in [3.8, 4) is 5.75 Å². The molecule has 4 rings (SSSR count). The molecule has 2 aliphatic heterocycles. The Hall–Kier alpha value is -2.90. The molecule has 1 saturated heterocycles. The van der Waals surface area contributed by atoms with Crippen molar-refractivity contribution in [3.63, 3.8) is 0 Å². The van der Waals surface area contributed by atoms with E-state index in [0.717, 1.165) is 69.0 Å². The van der Waals surface area contributed by atoms with Gasteiger partial charge in [0, 0.05) is 32.5 Å². The SMILES string of the molecule is Cc1nc(C)n(CCC(=O)N2CCC3(CCCCc4ccccc4OCCCC(=O)NC3)CC2)n1. The van der Waals surface area contributed by atoms with Crippen molar-refractivity contribution >= 4 is 11.8 Å². The van der Waals surface area contributed by atoms with Crippen LogP contribution in [0.25, 0.3) is 0 Å². The number of amides is 2. The highest BCUT2D eigenvalue weighted by atomic mass is 16.5. The lowest BCUT2D eigenvalue weighted by Crippen LogP contribution is -2.48. The number of carbonyl (C=O) groups is 2. The first-order chi connectivity index (χ1) is 16.9. The van der Waals surface area contributed by atoms with Gasteiger partial charge in [0.05, 0.1) is 13.2 Å². The van der Waals surface area contributed by atoms with Crippen LogP contribution in [0.2, 0.25) is 0 Å². The average Bonchev–Trinajstić information content (AvgIpc) is 3.19. The van der Waals surface area contributed by atoms with E-state index < -0.39 is 0 Å². The van der Waals surface area contributed by atoms with Crippen molar-refractivity contribution in [3.05, 3.63) is 41.5 Å². The van der Waals surface area contributed by atoms with Crippen molar-refractivity contribution in [1.29, 1.82) is 0 Å². The first-order valence-corrected chi connectivity index (χ1v) is 13.1. The molecular formula is C27H39N5O3. The molecule has 190 valence electrons. The fraction of sp³-hybridized carbons (Fsp3) is 0.630. The zero-order valence-corrected chi connectivity index (χ0v) is 21.2. The van der Waals surface area contributed by atoms with Crippen LogP contribution in [0.15, 0.2) is 24.3 Å². The van der Waals surface area contributed by atoms with Crippen molar-refractivity contribution in [2.24, 2.45) is 5.41 Å². The molecule has 0 radical (unpaired) electrons. The molecule has 1 fully saturated rings. The number of nitrogens with zero attached hydrogens (tertiary/aromatic N) is 4. The Kier molecular flexibility index (Phi) is 8.42. The molecule has 2 aliphatic rings. The zero-order valence-electron chi connectivity index (χ0n) is 21.2. The summed E-state index contributed by atoms with van der Waals surface area (Å²) in [6.07, 6.45) is 7.75. The molecule has 1 aromatic carbocycles. The Morgan fingerprint density at radius 1 is 1.09 bits per heavy atom. The van der Waals surface area contributed by atoms with Gasteiger partial charge < -0.3 is 15.0 Å². The number of benzene rings is 1. The monoisotopic (exact) mass is 481 g/mol. The van der Waals surface area contributed by atoms with E-state index in [2.05, 4.69) is 27.5 Å². The number of nitrogens with one attached hydrogen (secondary N) is 1. The lowest BCUT2D eigenvalue weighted by molar-refractivity contribution is -0.134. The van der Waals surface area contributed by atoms with E-state index in [9.17, 15) is 9.59 Å². The summed E-state index contributed by atoms with van der Waals surface area (Å²) in [5.74, 6) is 2.80. The van der Waals surface area contributed by atoms with Gasteiger partial charge in [0.25, 0.3) is 0 Å². The van der Waals surface area contributed by atoms with E-state index in [4.69, 9.17) is 4.74 Å². The smallest absolute Gasteiger partial charge is 0.224 e. The molecule has 0 saturated carbocycles. The van der Waals surface area contributed by atoms with Gasteiger partial charge in [-0.2, -0.15) is 5.10 Å². The van der Waals surface area contributed by atoms with E-state index in [0.29, 0.717) is 39.0 Å². The number of aryl methyl sites for hydroxylation is 4. The van der Waals surface area contributed by atoms with E-state index in [1.165, 1.54) is 5.56 Å². The second kappa shape index (κ2) is 11.7. The summed E-state index contributed by atoms with van der Waals surface area (Å²) in [7, 11) is 0. The second-order valence-corrected chi connectivity index (χ2v) is 10.1. The van der Waals surface area contributed by atoms with Crippen LogP contribution in [0.4, 0.5) is 0 Å². The topological polar surface area (TPSA) is 89.4 Å². The molecular weight excluding hydrogens is 442 g/mol. The molecule has 2 amide bonds. The summed E-state index contributed by atoms with van der Waals surface area (Å²) in [6, 6.07) is 8.25. The molecule has 3 heterocycles. The number of aromatic nitrogens is 3. The van der Waals surface area contributed by atoms with Crippen molar-refractivity contribution in [1.82, 2.24) is 25.0 Å². The molecule has 1 N–H and O–H groups in total. The highest BCUT2D eigenvalue weighted by Crippen LogP contribution is 2.37. The molecule has 2 aromatic rings. The van der Waals surface area contributed by atoms with Gasteiger partial charge in [-0.15, -0.1) is 0 Å². The third-order valence-electron chi connectivity index (χ3n) is 7.52. The normalized spacial score (nSPS) is 19.4. The van der Waals surface area contributed by atoms with Crippen LogP contribution in [-0.2, 0) is 22.6 Å². The number of hydrogen-bond donors (Lipinski definition) is 1. The Balaban J connectivity index is 1.33. The minimum atomic E-state index is 0.0617. The number of rotatable bonds is 3. The van der Waals surface area contributed by atoms with Crippen molar-refractivity contribution < 1.29 is 14.3 Å². The van der Waals surface area contributed by atoms with Gasteiger partial charge in [0.15, 0.2) is 0 Å². The van der Waals surface area contributed by atoms with Crippen LogP contribution in [0, 0.1) is 19.3 Å². The molecule has 0 unspecified atom stereocenters. The number of ether oxygens (including phenoxy) is 1. The number of fused-ring (bicyclic) bond motifs is 1. The summed E-state index contributed by atoms with van der Waals surface area (Å²) in [4.78, 5) is 31.7. The van der Waals surface area contributed by atoms with E-state index in [1.54, 1.807) is 0 Å². The van der Waals surface area contributed by atoms with Gasteiger partial charge in [0.2, 0.25) is 11.8 Å². The highest BCUT2D eigenvalue weighted by Gasteiger charge is 2.35. The largest absolute Gasteiger partial charge is 0.493 e. The van der Waals surface area contributed by atoms with Crippen LogP contribution >= 0.6 is 0 Å². The Morgan fingerprint density at radius 3 is 2.66 bits per heavy atom. The number of hydrogen-bond acceptors (Lipinski definition) is 5. The second-order valence-electron chi connectivity index (χ2n) is 10.1. The van der Waals surface area contributed by atoms with Gasteiger partial charge in [-0.3, -0.25) is 9.59 Å². The molecule has 0 bridgehead atoms. The van der Waals surface area contributed by atoms with Gasteiger partial charge in [-0.05, 0) is 69.4 Å². The molecule has 1 aromatic heterocycles. The quantitative estimate of drug-likeness (QED) is 0.724. The number of likely N-dealkylation sites (tertiary alicyclic amines) is 1. The van der Waals surface area contributed by atoms with Crippen LogP contribution in [-0.4, -0.2) is 57.7 Å². The van der Waals surface area contributed by atoms with Crippen LogP contribution in [0.1, 0.15) is 68.6 Å². The first-order valence-electron chi connectivity index (χ1n) is 13.1. The van der Waals surface area contributed by atoms with Crippen molar-refractivity contribution in [2.75, 3.05) is 26.2 Å². The van der Waals surface area contributed by atoms with Gasteiger partial charge in [-0.1, -0.05) is 24.6 Å². The van der Waals surface area contributed by atoms with Crippen LogP contribution in [0.3, 0.4) is 0 Å². The van der Waals surface area contributed by atoms with Gasteiger partial charge >= 0.3 is 0 Å². The fourth-order valence-corrected chi connectivity index (χ4v) is 5.33. The summed E-state index contributed by atoms with van der Waals surface area (Å²) in [5, 5.41) is 7.57. The molecule has 35 heavy (non-hydrogen) atoms. The molecule has 1 spiro atoms. The summed E-state index contributed by atoms with van der Waals surface area (Å²) >= 11 is 0. The maximum atomic E-state index is 12.9. The highest BCUT2D eigenvalue weighted by molar-refractivity contribution is 5.76. The first kappa shape index (κ1) is 25.2. The molecule has 8 nitrogen and oxygen atoms in total. The number of para-hydroxylation sites is 1. The van der Waals surface area contributed by atoms with E-state index >= 15 is 0 Å². The zero-order chi connectivity index (χ0) is 24.7. The Labute approximate surface area is 208 Å². The third kappa shape index (κ3) is 6.83. The average molecular weight is 482 g/mol. The van der Waals surface area contributed by atoms with Crippen molar-refractivity contribution in [2.45, 2.75) is 78.2 Å². The summed E-state index contributed by atoms with van der Waals surface area (Å²) < 4.78 is 7.77. The molecule has 8 heteroatoms. The predicted octanol–water partition coefficient (Wildman–Crippen LogP) is 3.60. The predicted molar refractivity (Wildman–Crippen MR) is 134 cm³/mol. The lowest BCUT2D eigenvalue weighted by atomic mass is 9.74. The molecule has 0 aliphatic carbocycles. The third-order valence-corrected chi connectivity index (χ3v) is 7.52. The maximum absolute atomic E-state index is 12.9. The Bertz CT molecular complexity index is 1010. The van der Waals surface area contributed by atoms with Crippen LogP contribution in [0.5, 0.6) is 5.75 Å². The standard InChI is InChI=1S/C27H39N5O3/c1-21-29-22(2)32(30-21)16-12-26(34)31-17-14-27(15-18-31)13-6-5-9-23-8-3-4-10-24(23)35-19-7-11-25(33)28-20-27/h3-4,8,10H,5-7,9,11-20H2,1-2H3,(H,28,33). The fourth-order valence-electron chi connectivity index (χ4n) is 5.33.